The maximum absolute atomic E-state index is 11.9. The molecule has 0 saturated carbocycles. The average molecular weight is 414 g/mol. The number of aromatic nitrogens is 2. The topological polar surface area (TPSA) is 152 Å². The summed E-state index contributed by atoms with van der Waals surface area (Å²) >= 11 is 2.10. The Morgan fingerprint density at radius 3 is 2.50 bits per heavy atom. The normalized spacial score (nSPS) is 10.8. The highest BCUT2D eigenvalue weighted by Gasteiger charge is 2.14. The predicted molar refractivity (Wildman–Crippen MR) is 90.4 cm³/mol. The molecule has 0 unspecified atom stereocenters. The van der Waals surface area contributed by atoms with Gasteiger partial charge >= 0.3 is 5.69 Å². The van der Waals surface area contributed by atoms with Crippen LogP contribution >= 0.6 is 22.6 Å². The Morgan fingerprint density at radius 2 is 1.91 bits per heavy atom. The molecule has 0 fully saturated rings. The van der Waals surface area contributed by atoms with Crippen LogP contribution in [0, 0.1) is 3.57 Å². The highest BCUT2D eigenvalue weighted by atomic mass is 127. The molecule has 0 radical (unpaired) electrons. The minimum Gasteiger partial charge on any atom is -0.493 e. The molecule has 0 bridgehead atoms. The molecule has 10 heteroatoms. The lowest BCUT2D eigenvalue weighted by Crippen LogP contribution is -2.31. The number of aromatic amines is 1. The van der Waals surface area contributed by atoms with Gasteiger partial charge in [-0.2, -0.15) is 5.10 Å². The fourth-order valence-electron chi connectivity index (χ4n) is 1.64. The monoisotopic (exact) mass is 414 g/mol. The number of nitrogens with one attached hydrogen (secondary N) is 1. The number of nitrogens with zero attached hydrogens (tertiary/aromatic N) is 3. The summed E-state index contributed by atoms with van der Waals surface area (Å²) in [6.07, 6.45) is 0.955. The van der Waals surface area contributed by atoms with E-state index in [0.717, 1.165) is 14.4 Å². The number of hydrogen-bond donors (Lipinski definition) is 4. The molecule has 0 amide bonds. The Morgan fingerprint density at radius 1 is 1.27 bits per heavy atom. The Bertz CT molecular complexity index is 862. The Kier molecular flexibility index (Phi) is 4.60. The van der Waals surface area contributed by atoms with Crippen LogP contribution in [0.4, 0.5) is 0 Å². The van der Waals surface area contributed by atoms with Crippen LogP contribution in [0.2, 0.25) is 0 Å². The van der Waals surface area contributed by atoms with Gasteiger partial charge in [0.15, 0.2) is 0 Å². The van der Waals surface area contributed by atoms with Crippen molar-refractivity contribution in [3.05, 3.63) is 54.2 Å². The third-order valence-corrected chi connectivity index (χ3v) is 3.28. The van der Waals surface area contributed by atoms with Gasteiger partial charge in [0.1, 0.15) is 5.56 Å². The second kappa shape index (κ2) is 6.43. The van der Waals surface area contributed by atoms with Crippen LogP contribution in [0.15, 0.2) is 44.1 Å². The maximum Gasteiger partial charge on any atom is 0.335 e. The summed E-state index contributed by atoms with van der Waals surface area (Å²) in [6.45, 7) is 0. The lowest BCUT2D eigenvalue weighted by Gasteiger charge is -2.09. The van der Waals surface area contributed by atoms with Gasteiger partial charge in [-0.3, -0.25) is 9.78 Å². The number of nitrogens with two attached hydrogens (primary N) is 2. The molecule has 2 aromatic rings. The van der Waals surface area contributed by atoms with Crippen LogP contribution in [0.1, 0.15) is 5.56 Å². The summed E-state index contributed by atoms with van der Waals surface area (Å²) in [4.78, 5) is 25.7. The van der Waals surface area contributed by atoms with Gasteiger partial charge in [-0.05, 0) is 46.9 Å². The number of guanidine groups is 1. The van der Waals surface area contributed by atoms with Crippen LogP contribution < -0.4 is 22.7 Å². The van der Waals surface area contributed by atoms with E-state index in [1.165, 1.54) is 0 Å². The van der Waals surface area contributed by atoms with E-state index in [9.17, 15) is 14.7 Å². The minimum atomic E-state index is -0.807. The maximum atomic E-state index is 11.9. The fraction of sp³-hybridized carbons (Fsp3) is 0. The van der Waals surface area contributed by atoms with Gasteiger partial charge in [0.05, 0.1) is 11.9 Å². The number of rotatable bonds is 3. The van der Waals surface area contributed by atoms with E-state index in [1.54, 1.807) is 24.3 Å². The zero-order valence-corrected chi connectivity index (χ0v) is 13.2. The molecule has 114 valence electrons. The molecular weight excluding hydrogens is 403 g/mol. The van der Waals surface area contributed by atoms with Crippen molar-refractivity contribution in [1.82, 2.24) is 9.55 Å². The van der Waals surface area contributed by atoms with Gasteiger partial charge in [-0.25, -0.2) is 9.36 Å². The second-order valence-corrected chi connectivity index (χ2v) is 5.32. The smallest absolute Gasteiger partial charge is 0.335 e. The first-order valence-corrected chi connectivity index (χ1v) is 6.94. The molecular formula is C12H11IN6O3. The van der Waals surface area contributed by atoms with E-state index in [2.05, 4.69) is 37.8 Å². The van der Waals surface area contributed by atoms with Gasteiger partial charge in [-0.1, -0.05) is 0 Å². The van der Waals surface area contributed by atoms with Crippen molar-refractivity contribution in [2.24, 2.45) is 21.7 Å². The van der Waals surface area contributed by atoms with Gasteiger partial charge in [0.2, 0.25) is 11.8 Å². The summed E-state index contributed by atoms with van der Waals surface area (Å²) in [5, 5.41) is 17.0. The zero-order valence-electron chi connectivity index (χ0n) is 11.0. The molecule has 6 N–H and O–H groups in total. The molecule has 1 heterocycles. The number of aromatic hydroxyl groups is 1. The zero-order chi connectivity index (χ0) is 16.3. The molecule has 0 atom stereocenters. The van der Waals surface area contributed by atoms with Gasteiger partial charge in [0.25, 0.3) is 5.56 Å². The summed E-state index contributed by atoms with van der Waals surface area (Å²) in [5.41, 5.74) is 8.76. The van der Waals surface area contributed by atoms with Crippen molar-refractivity contribution < 1.29 is 5.11 Å². The molecule has 0 aliphatic heterocycles. The SMILES string of the molecule is NC(N)=N/N=C/c1c(O)n(-c2ccc(I)cc2)c(=O)[nH]c1=O. The Hall–Kier alpha value is -2.63. The highest BCUT2D eigenvalue weighted by Crippen LogP contribution is 2.16. The number of H-pyrrole nitrogens is 1. The summed E-state index contributed by atoms with van der Waals surface area (Å²) in [7, 11) is 0. The van der Waals surface area contributed by atoms with Gasteiger partial charge < -0.3 is 16.6 Å². The molecule has 0 saturated heterocycles. The van der Waals surface area contributed by atoms with Crippen molar-refractivity contribution >= 4 is 34.8 Å². The van der Waals surface area contributed by atoms with Crippen molar-refractivity contribution in [3.8, 4) is 11.6 Å². The highest BCUT2D eigenvalue weighted by molar-refractivity contribution is 14.1. The molecule has 0 aliphatic rings. The van der Waals surface area contributed by atoms with Gasteiger partial charge in [-0.15, -0.1) is 5.10 Å². The summed E-state index contributed by atoms with van der Waals surface area (Å²) in [6, 6.07) is 6.75. The van der Waals surface area contributed by atoms with E-state index in [0.29, 0.717) is 5.69 Å². The molecule has 0 aliphatic carbocycles. The molecule has 2 rings (SSSR count). The number of halogens is 1. The minimum absolute atomic E-state index is 0.247. The second-order valence-electron chi connectivity index (χ2n) is 4.08. The molecule has 0 spiro atoms. The van der Waals surface area contributed by atoms with E-state index in [1.807, 2.05) is 0 Å². The van der Waals surface area contributed by atoms with Crippen molar-refractivity contribution in [2.45, 2.75) is 0 Å². The van der Waals surface area contributed by atoms with E-state index in [-0.39, 0.29) is 11.5 Å². The molecule has 1 aromatic carbocycles. The lowest BCUT2D eigenvalue weighted by molar-refractivity contribution is 0.430. The molecule has 1 aromatic heterocycles. The van der Waals surface area contributed by atoms with Crippen LogP contribution in [0.5, 0.6) is 5.88 Å². The van der Waals surface area contributed by atoms with Crippen molar-refractivity contribution in [1.29, 1.82) is 0 Å². The van der Waals surface area contributed by atoms with Crippen molar-refractivity contribution in [3.63, 3.8) is 0 Å². The van der Waals surface area contributed by atoms with Crippen LogP contribution in [0.25, 0.3) is 5.69 Å². The largest absolute Gasteiger partial charge is 0.493 e. The predicted octanol–water partition coefficient (Wildman–Crippen LogP) is -0.557. The average Bonchev–Trinajstić information content (AvgIpc) is 2.44. The van der Waals surface area contributed by atoms with Crippen LogP contribution in [0.3, 0.4) is 0 Å². The Balaban J connectivity index is 2.64. The molecule has 9 nitrogen and oxygen atoms in total. The van der Waals surface area contributed by atoms with Crippen LogP contribution in [-0.2, 0) is 0 Å². The lowest BCUT2D eigenvalue weighted by atomic mass is 10.3. The van der Waals surface area contributed by atoms with E-state index >= 15 is 0 Å². The first-order chi connectivity index (χ1) is 10.4. The van der Waals surface area contributed by atoms with E-state index < -0.39 is 17.1 Å². The van der Waals surface area contributed by atoms with Crippen LogP contribution in [-0.4, -0.2) is 26.8 Å². The van der Waals surface area contributed by atoms with E-state index in [4.69, 9.17) is 11.5 Å². The van der Waals surface area contributed by atoms with Gasteiger partial charge in [0, 0.05) is 3.57 Å². The third kappa shape index (κ3) is 3.33. The standard InChI is InChI=1S/C12H11IN6O3/c13-6-1-3-7(4-2-6)19-10(21)8(5-16-18-11(14)15)9(20)17-12(19)22/h1-5,21H,(H4,14,15,18)(H,17,20,22)/b16-5+. The Labute approximate surface area is 137 Å². The third-order valence-electron chi connectivity index (χ3n) is 2.57. The first kappa shape index (κ1) is 15.8. The summed E-state index contributed by atoms with van der Waals surface area (Å²) in [5.74, 6) is -0.873. The fourth-order valence-corrected chi connectivity index (χ4v) is 2.00. The summed E-state index contributed by atoms with van der Waals surface area (Å²) < 4.78 is 1.89. The number of benzene rings is 1. The molecule has 22 heavy (non-hydrogen) atoms. The quantitative estimate of drug-likeness (QED) is 0.230. The van der Waals surface area contributed by atoms with Crippen molar-refractivity contribution in [2.75, 3.05) is 0 Å². The first-order valence-electron chi connectivity index (χ1n) is 5.86. The number of hydrogen-bond acceptors (Lipinski definition) is 5.